The number of guanidine groups is 1. The zero-order chi connectivity index (χ0) is 17.9. The molecule has 0 atom stereocenters. The van der Waals surface area contributed by atoms with Crippen LogP contribution in [0.2, 0.25) is 0 Å². The Labute approximate surface area is 149 Å². The highest BCUT2D eigenvalue weighted by Crippen LogP contribution is 2.18. The second kappa shape index (κ2) is 10.3. The van der Waals surface area contributed by atoms with Gasteiger partial charge in [-0.05, 0) is 19.9 Å². The van der Waals surface area contributed by atoms with Crippen molar-refractivity contribution in [3.8, 4) is 5.75 Å². The molecule has 1 aromatic heterocycles. The lowest BCUT2D eigenvalue weighted by atomic mass is 10.2. The molecule has 2 rings (SSSR count). The van der Waals surface area contributed by atoms with Crippen LogP contribution >= 0.6 is 0 Å². The Morgan fingerprint density at radius 1 is 1.20 bits per heavy atom. The number of ether oxygens (including phenoxy) is 1. The fourth-order valence-corrected chi connectivity index (χ4v) is 2.47. The minimum atomic E-state index is 0.568. The van der Waals surface area contributed by atoms with Crippen molar-refractivity contribution in [3.05, 3.63) is 42.0 Å². The van der Waals surface area contributed by atoms with Gasteiger partial charge in [0.1, 0.15) is 17.9 Å². The van der Waals surface area contributed by atoms with E-state index < -0.39 is 0 Å². The number of hydrogen-bond acceptors (Lipinski definition) is 4. The van der Waals surface area contributed by atoms with Gasteiger partial charge in [-0.3, -0.25) is 0 Å². The molecule has 2 aromatic rings. The first kappa shape index (κ1) is 18.8. The summed E-state index contributed by atoms with van der Waals surface area (Å²) in [7, 11) is 0. The van der Waals surface area contributed by atoms with E-state index in [-0.39, 0.29) is 0 Å². The van der Waals surface area contributed by atoms with E-state index in [0.29, 0.717) is 13.2 Å². The lowest BCUT2D eigenvalue weighted by Crippen LogP contribution is -2.38. The topological polar surface area (TPSA) is 76.4 Å². The highest BCUT2D eigenvalue weighted by atomic mass is 16.5. The molecule has 0 bridgehead atoms. The molecular weight excluding hydrogens is 316 g/mol. The van der Waals surface area contributed by atoms with Crippen molar-refractivity contribution >= 4 is 5.96 Å². The minimum absolute atomic E-state index is 0.568. The van der Waals surface area contributed by atoms with Gasteiger partial charge in [-0.1, -0.05) is 25.1 Å². The zero-order valence-corrected chi connectivity index (χ0v) is 15.3. The number of nitrogens with zero attached hydrogens (tertiary/aromatic N) is 4. The normalized spacial score (nSPS) is 11.4. The van der Waals surface area contributed by atoms with Gasteiger partial charge in [0, 0.05) is 31.6 Å². The van der Waals surface area contributed by atoms with Crippen LogP contribution in [0, 0.1) is 0 Å². The van der Waals surface area contributed by atoms with E-state index in [4.69, 9.17) is 4.74 Å². The molecule has 136 valence electrons. The lowest BCUT2D eigenvalue weighted by molar-refractivity contribution is 0.336. The smallest absolute Gasteiger partial charge is 0.191 e. The predicted molar refractivity (Wildman–Crippen MR) is 99.8 cm³/mol. The molecule has 0 fully saturated rings. The first-order valence-electron chi connectivity index (χ1n) is 8.88. The van der Waals surface area contributed by atoms with Crippen LogP contribution in [0.4, 0.5) is 0 Å². The first-order valence-corrected chi connectivity index (χ1v) is 8.88. The summed E-state index contributed by atoms with van der Waals surface area (Å²) in [4.78, 5) is 4.66. The van der Waals surface area contributed by atoms with Crippen LogP contribution in [-0.2, 0) is 19.5 Å². The molecule has 2 N–H and O–H groups in total. The summed E-state index contributed by atoms with van der Waals surface area (Å²) < 4.78 is 7.71. The highest BCUT2D eigenvalue weighted by Gasteiger charge is 2.04. The van der Waals surface area contributed by atoms with Gasteiger partial charge in [-0.25, -0.2) is 4.99 Å². The van der Waals surface area contributed by atoms with Gasteiger partial charge in [0.05, 0.1) is 13.2 Å². The van der Waals surface area contributed by atoms with Crippen LogP contribution in [-0.4, -0.2) is 40.4 Å². The molecule has 7 heteroatoms. The standard InChI is InChI=1S/C18H28N6O/c1-4-17-23-22-14-24(17)12-11-20-18(19-5-2)21-13-15-9-7-8-10-16(15)25-6-3/h7-10,14H,4-6,11-13H2,1-3H3,(H2,19,20,21). The molecule has 1 aromatic carbocycles. The summed E-state index contributed by atoms with van der Waals surface area (Å²) in [5.74, 6) is 2.68. The molecule has 25 heavy (non-hydrogen) atoms. The predicted octanol–water partition coefficient (Wildman–Crippen LogP) is 1.99. The van der Waals surface area contributed by atoms with Crippen molar-refractivity contribution in [2.75, 3.05) is 19.7 Å². The Balaban J connectivity index is 1.94. The third-order valence-electron chi connectivity index (χ3n) is 3.68. The van der Waals surface area contributed by atoms with Crippen molar-refractivity contribution in [3.63, 3.8) is 0 Å². The van der Waals surface area contributed by atoms with Crippen molar-refractivity contribution in [1.82, 2.24) is 25.4 Å². The van der Waals surface area contributed by atoms with E-state index >= 15 is 0 Å². The van der Waals surface area contributed by atoms with Crippen molar-refractivity contribution < 1.29 is 4.74 Å². The summed E-state index contributed by atoms with van der Waals surface area (Å²) in [6.45, 7) is 9.71. The molecule has 0 spiro atoms. The van der Waals surface area contributed by atoms with Crippen molar-refractivity contribution in [1.29, 1.82) is 0 Å². The summed E-state index contributed by atoms with van der Waals surface area (Å²) in [5.41, 5.74) is 1.08. The number of para-hydroxylation sites is 1. The second-order valence-corrected chi connectivity index (χ2v) is 5.46. The minimum Gasteiger partial charge on any atom is -0.494 e. The van der Waals surface area contributed by atoms with Crippen LogP contribution in [0.5, 0.6) is 5.75 Å². The third kappa shape index (κ3) is 5.77. The summed E-state index contributed by atoms with van der Waals surface area (Å²) in [6.07, 6.45) is 2.64. The first-order chi connectivity index (χ1) is 12.3. The molecule has 0 aliphatic rings. The molecule has 1 heterocycles. The number of nitrogens with one attached hydrogen (secondary N) is 2. The molecular formula is C18H28N6O. The number of aromatic nitrogens is 3. The van der Waals surface area contributed by atoms with Crippen LogP contribution in [0.3, 0.4) is 0 Å². The number of rotatable bonds is 9. The maximum atomic E-state index is 5.66. The number of aryl methyl sites for hydroxylation is 1. The second-order valence-electron chi connectivity index (χ2n) is 5.46. The average Bonchev–Trinajstić information content (AvgIpc) is 3.08. The van der Waals surface area contributed by atoms with Crippen LogP contribution in [0.25, 0.3) is 0 Å². The Morgan fingerprint density at radius 2 is 2.04 bits per heavy atom. The molecule has 7 nitrogen and oxygen atoms in total. The van der Waals surface area contributed by atoms with Gasteiger partial charge in [-0.2, -0.15) is 0 Å². The Bertz CT molecular complexity index is 667. The van der Waals surface area contributed by atoms with Gasteiger partial charge in [0.25, 0.3) is 0 Å². The fourth-order valence-electron chi connectivity index (χ4n) is 2.47. The van der Waals surface area contributed by atoms with Gasteiger partial charge in [-0.15, -0.1) is 10.2 Å². The molecule has 0 aliphatic heterocycles. The molecule has 0 amide bonds. The monoisotopic (exact) mass is 344 g/mol. The molecule has 0 aliphatic carbocycles. The molecule has 0 radical (unpaired) electrons. The molecule has 0 saturated heterocycles. The van der Waals surface area contributed by atoms with Gasteiger partial charge in [0.2, 0.25) is 0 Å². The van der Waals surface area contributed by atoms with Crippen LogP contribution in [0.15, 0.2) is 35.6 Å². The van der Waals surface area contributed by atoms with E-state index in [2.05, 4.69) is 44.2 Å². The number of hydrogen-bond donors (Lipinski definition) is 2. The number of aliphatic imine (C=N–C) groups is 1. The van der Waals surface area contributed by atoms with Crippen molar-refractivity contribution in [2.45, 2.75) is 40.3 Å². The third-order valence-corrected chi connectivity index (χ3v) is 3.68. The highest BCUT2D eigenvalue weighted by molar-refractivity contribution is 5.79. The average molecular weight is 344 g/mol. The van der Waals surface area contributed by atoms with Crippen LogP contribution in [0.1, 0.15) is 32.2 Å². The molecule has 0 unspecified atom stereocenters. The maximum absolute atomic E-state index is 5.66. The Kier molecular flexibility index (Phi) is 7.75. The van der Waals surface area contributed by atoms with Gasteiger partial charge < -0.3 is 19.9 Å². The van der Waals surface area contributed by atoms with Crippen molar-refractivity contribution in [2.24, 2.45) is 4.99 Å². The van der Waals surface area contributed by atoms with Crippen LogP contribution < -0.4 is 15.4 Å². The van der Waals surface area contributed by atoms with E-state index in [1.165, 1.54) is 0 Å². The SMILES string of the molecule is CCNC(=NCc1ccccc1OCC)NCCn1cnnc1CC. The van der Waals surface area contributed by atoms with E-state index in [1.54, 1.807) is 6.33 Å². The summed E-state index contributed by atoms with van der Waals surface area (Å²) in [5, 5.41) is 14.7. The number of benzene rings is 1. The maximum Gasteiger partial charge on any atom is 0.191 e. The fraction of sp³-hybridized carbons (Fsp3) is 0.500. The zero-order valence-electron chi connectivity index (χ0n) is 15.3. The Hall–Kier alpha value is -2.57. The summed E-state index contributed by atoms with van der Waals surface area (Å²) in [6, 6.07) is 8.01. The lowest BCUT2D eigenvalue weighted by Gasteiger charge is -2.13. The summed E-state index contributed by atoms with van der Waals surface area (Å²) >= 11 is 0. The van der Waals surface area contributed by atoms with E-state index in [9.17, 15) is 0 Å². The van der Waals surface area contributed by atoms with Gasteiger partial charge >= 0.3 is 0 Å². The van der Waals surface area contributed by atoms with E-state index in [1.807, 2.05) is 31.2 Å². The quantitative estimate of drug-likeness (QED) is 0.537. The molecule has 0 saturated carbocycles. The van der Waals surface area contributed by atoms with Gasteiger partial charge in [0.15, 0.2) is 5.96 Å². The Morgan fingerprint density at radius 3 is 2.80 bits per heavy atom. The van der Waals surface area contributed by atoms with E-state index in [0.717, 1.165) is 49.2 Å². The largest absolute Gasteiger partial charge is 0.494 e.